The van der Waals surface area contributed by atoms with E-state index in [0.29, 0.717) is 6.54 Å². The fraction of sp³-hybridized carbons (Fsp3) is 0.150. The summed E-state index contributed by atoms with van der Waals surface area (Å²) in [5.41, 5.74) is 3.32. The number of nitrogens with zero attached hydrogens (tertiary/aromatic N) is 2. The third-order valence-corrected chi connectivity index (χ3v) is 4.64. The van der Waals surface area contributed by atoms with Gasteiger partial charge in [0.2, 0.25) is 0 Å². The first-order chi connectivity index (χ1) is 12.1. The van der Waals surface area contributed by atoms with Crippen LogP contribution in [-0.2, 0) is 6.54 Å². The first-order valence-electron chi connectivity index (χ1n) is 8.23. The molecule has 0 saturated carbocycles. The Morgan fingerprint density at radius 3 is 2.68 bits per heavy atom. The van der Waals surface area contributed by atoms with Crippen molar-refractivity contribution < 1.29 is 9.18 Å². The predicted octanol–water partition coefficient (Wildman–Crippen LogP) is 4.73. The fourth-order valence-electron chi connectivity index (χ4n) is 3.31. The average molecular weight is 335 g/mol. The van der Waals surface area contributed by atoms with E-state index in [-0.39, 0.29) is 17.8 Å². The monoisotopic (exact) mass is 335 g/mol. The lowest BCUT2D eigenvalue weighted by Gasteiger charge is -2.27. The lowest BCUT2D eigenvalue weighted by Crippen LogP contribution is -2.36. The minimum atomic E-state index is -0.442. The third kappa shape index (κ3) is 2.67. The predicted molar refractivity (Wildman–Crippen MR) is 95.1 cm³/mol. The molecule has 1 aliphatic rings. The Bertz CT molecular complexity index is 934. The molecule has 4 nitrogen and oxygen atoms in total. The summed E-state index contributed by atoms with van der Waals surface area (Å²) in [7, 11) is 0. The third-order valence-electron chi connectivity index (χ3n) is 4.64. The Hall–Kier alpha value is -3.08. The van der Waals surface area contributed by atoms with E-state index in [0.717, 1.165) is 16.9 Å². The molecule has 0 fully saturated rings. The number of anilines is 1. The quantitative estimate of drug-likeness (QED) is 0.686. The molecule has 25 heavy (non-hydrogen) atoms. The van der Waals surface area contributed by atoms with Crippen molar-refractivity contribution in [2.75, 3.05) is 5.32 Å². The molecule has 0 aliphatic carbocycles. The maximum Gasteiger partial charge on any atom is 0.322 e. The second kappa shape index (κ2) is 6.09. The summed E-state index contributed by atoms with van der Waals surface area (Å²) < 4.78 is 16.0. The van der Waals surface area contributed by atoms with Gasteiger partial charge in [-0.3, -0.25) is 0 Å². The van der Waals surface area contributed by atoms with Crippen LogP contribution in [0, 0.1) is 5.82 Å². The van der Waals surface area contributed by atoms with Crippen LogP contribution < -0.4 is 5.32 Å². The van der Waals surface area contributed by atoms with E-state index in [1.54, 1.807) is 23.1 Å². The zero-order valence-corrected chi connectivity index (χ0v) is 13.8. The van der Waals surface area contributed by atoms with Crippen LogP contribution in [0.2, 0.25) is 0 Å². The van der Waals surface area contributed by atoms with Crippen molar-refractivity contribution in [1.29, 1.82) is 0 Å². The molecule has 1 N–H and O–H groups in total. The van der Waals surface area contributed by atoms with E-state index >= 15 is 0 Å². The van der Waals surface area contributed by atoms with Gasteiger partial charge in [-0.1, -0.05) is 30.3 Å². The van der Waals surface area contributed by atoms with Gasteiger partial charge in [0, 0.05) is 11.9 Å². The number of carbonyl (C=O) groups is 1. The highest BCUT2D eigenvalue weighted by molar-refractivity contribution is 5.89. The summed E-state index contributed by atoms with van der Waals surface area (Å²) in [5, 5.41) is 2.69. The van der Waals surface area contributed by atoms with Crippen molar-refractivity contribution in [3.8, 4) is 5.69 Å². The van der Waals surface area contributed by atoms with Crippen LogP contribution in [0.3, 0.4) is 0 Å². The van der Waals surface area contributed by atoms with E-state index in [1.165, 1.54) is 6.07 Å². The second-order valence-corrected chi connectivity index (χ2v) is 6.15. The Labute approximate surface area is 145 Å². The van der Waals surface area contributed by atoms with Gasteiger partial charge in [-0.15, -0.1) is 0 Å². The summed E-state index contributed by atoms with van der Waals surface area (Å²) in [6.45, 7) is 2.44. The summed E-state index contributed by atoms with van der Waals surface area (Å²) >= 11 is 0. The van der Waals surface area contributed by atoms with E-state index in [9.17, 15) is 9.18 Å². The van der Waals surface area contributed by atoms with E-state index in [4.69, 9.17) is 0 Å². The lowest BCUT2D eigenvalue weighted by atomic mass is 10.1. The van der Waals surface area contributed by atoms with Gasteiger partial charge < -0.3 is 14.8 Å². The minimum absolute atomic E-state index is 0.144. The van der Waals surface area contributed by atoms with Crippen molar-refractivity contribution in [3.05, 3.63) is 83.9 Å². The van der Waals surface area contributed by atoms with Crippen LogP contribution >= 0.6 is 0 Å². The number of urea groups is 1. The van der Waals surface area contributed by atoms with Gasteiger partial charge in [-0.2, -0.15) is 0 Å². The molecule has 5 heteroatoms. The maximum absolute atomic E-state index is 13.9. The molecule has 1 atom stereocenters. The molecule has 0 bridgehead atoms. The van der Waals surface area contributed by atoms with Gasteiger partial charge in [0.1, 0.15) is 5.82 Å². The van der Waals surface area contributed by atoms with Gasteiger partial charge in [0.25, 0.3) is 0 Å². The molecule has 3 aromatic rings. The van der Waals surface area contributed by atoms with Crippen molar-refractivity contribution in [1.82, 2.24) is 9.47 Å². The molecule has 1 aromatic heterocycles. The first kappa shape index (κ1) is 15.4. The van der Waals surface area contributed by atoms with E-state index in [1.807, 2.05) is 49.5 Å². The summed E-state index contributed by atoms with van der Waals surface area (Å²) in [5.74, 6) is -0.442. The number of halogens is 1. The van der Waals surface area contributed by atoms with E-state index < -0.39 is 5.82 Å². The molecule has 2 amide bonds. The number of fused-ring (bicyclic) bond motifs is 3. The molecular weight excluding hydrogens is 317 g/mol. The van der Waals surface area contributed by atoms with Gasteiger partial charge in [0.05, 0.1) is 24.0 Å². The minimum Gasteiger partial charge on any atom is -0.318 e. The van der Waals surface area contributed by atoms with Crippen molar-refractivity contribution >= 4 is 11.7 Å². The number of benzene rings is 2. The largest absolute Gasteiger partial charge is 0.322 e. The fourth-order valence-corrected chi connectivity index (χ4v) is 3.31. The average Bonchev–Trinajstić information content (AvgIpc) is 3.07. The van der Waals surface area contributed by atoms with Gasteiger partial charge in [-0.25, -0.2) is 9.18 Å². The molecule has 126 valence electrons. The molecule has 2 heterocycles. The molecule has 0 spiro atoms. The van der Waals surface area contributed by atoms with Crippen LogP contribution in [0.5, 0.6) is 0 Å². The number of rotatable bonds is 1. The number of hydrogen-bond acceptors (Lipinski definition) is 1. The number of aromatic nitrogens is 1. The van der Waals surface area contributed by atoms with Gasteiger partial charge in [0.15, 0.2) is 0 Å². The van der Waals surface area contributed by atoms with Gasteiger partial charge in [-0.05, 0) is 42.8 Å². The Kier molecular flexibility index (Phi) is 3.76. The van der Waals surface area contributed by atoms with E-state index in [2.05, 4.69) is 9.88 Å². The zero-order chi connectivity index (χ0) is 17.4. The topological polar surface area (TPSA) is 37.3 Å². The molecule has 2 aromatic carbocycles. The molecule has 0 saturated heterocycles. The lowest BCUT2D eigenvalue weighted by molar-refractivity contribution is 0.189. The Morgan fingerprint density at radius 1 is 1.08 bits per heavy atom. The summed E-state index contributed by atoms with van der Waals surface area (Å²) in [6, 6.07) is 17.7. The zero-order valence-electron chi connectivity index (χ0n) is 13.8. The number of hydrogen-bond donors (Lipinski definition) is 1. The smallest absolute Gasteiger partial charge is 0.318 e. The highest BCUT2D eigenvalue weighted by Gasteiger charge is 2.28. The highest BCUT2D eigenvalue weighted by atomic mass is 19.1. The second-order valence-electron chi connectivity index (χ2n) is 6.15. The van der Waals surface area contributed by atoms with Crippen LogP contribution in [0.4, 0.5) is 14.9 Å². The number of amides is 2. The maximum atomic E-state index is 13.9. The molecular formula is C20H18FN3O. The number of para-hydroxylation sites is 2. The molecule has 4 rings (SSSR count). The van der Waals surface area contributed by atoms with Crippen molar-refractivity contribution in [3.63, 3.8) is 0 Å². The van der Waals surface area contributed by atoms with Gasteiger partial charge >= 0.3 is 6.03 Å². The molecule has 0 radical (unpaired) electrons. The Balaban J connectivity index is 1.71. The number of carbonyl (C=O) groups excluding carboxylic acids is 1. The summed E-state index contributed by atoms with van der Waals surface area (Å²) in [4.78, 5) is 14.6. The van der Waals surface area contributed by atoms with Crippen molar-refractivity contribution in [2.45, 2.75) is 19.5 Å². The van der Waals surface area contributed by atoms with Crippen LogP contribution in [0.15, 0.2) is 66.9 Å². The van der Waals surface area contributed by atoms with Crippen LogP contribution in [0.25, 0.3) is 5.69 Å². The standard InChI is InChI=1S/C20H18FN3O/c1-14-18-11-6-12-23(18)19-10-5-2-7-15(19)13-24(14)20(25)22-17-9-4-3-8-16(17)21/h2-12,14H,13H2,1H3,(H,22,25)/t14-/m1/s1. The Morgan fingerprint density at radius 2 is 1.84 bits per heavy atom. The van der Waals surface area contributed by atoms with Crippen molar-refractivity contribution in [2.24, 2.45) is 0 Å². The summed E-state index contributed by atoms with van der Waals surface area (Å²) in [6.07, 6.45) is 2.00. The highest BCUT2D eigenvalue weighted by Crippen LogP contribution is 2.32. The number of nitrogens with one attached hydrogen (secondary N) is 1. The molecule has 0 unspecified atom stereocenters. The van der Waals surface area contributed by atoms with Crippen LogP contribution in [0.1, 0.15) is 24.2 Å². The normalized spacial score (nSPS) is 15.9. The SMILES string of the molecule is C[C@@H]1c2cccn2-c2ccccc2CN1C(=O)Nc1ccccc1F. The first-order valence-corrected chi connectivity index (χ1v) is 8.23. The van der Waals surface area contributed by atoms with Crippen LogP contribution in [-0.4, -0.2) is 15.5 Å². The molecule has 1 aliphatic heterocycles.